The van der Waals surface area contributed by atoms with Gasteiger partial charge in [0.1, 0.15) is 0 Å². The average Bonchev–Trinajstić information content (AvgIpc) is 2.31. The topological polar surface area (TPSA) is 0 Å². The van der Waals surface area contributed by atoms with Crippen LogP contribution in [-0.2, 0) is 0 Å². The summed E-state index contributed by atoms with van der Waals surface area (Å²) < 4.78 is 0. The van der Waals surface area contributed by atoms with E-state index in [0.717, 1.165) is 11.8 Å². The Kier molecular flexibility index (Phi) is 9.87. The summed E-state index contributed by atoms with van der Waals surface area (Å²) in [5, 5.41) is 0. The molecule has 0 heterocycles. The molecule has 110 valence electrons. The highest BCUT2D eigenvalue weighted by Gasteiger charge is 2.13. The smallest absolute Gasteiger partial charge is 0.0357 e. The molecule has 0 aromatic heterocycles. The van der Waals surface area contributed by atoms with Gasteiger partial charge in [0.25, 0.3) is 0 Å². The lowest BCUT2D eigenvalue weighted by atomic mass is 9.84. The van der Waals surface area contributed by atoms with E-state index in [9.17, 15) is 0 Å². The highest BCUT2D eigenvalue weighted by Crippen LogP contribution is 2.27. The first-order chi connectivity index (χ1) is 8.37. The van der Waals surface area contributed by atoms with Crippen molar-refractivity contribution in [3.05, 3.63) is 0 Å². The van der Waals surface area contributed by atoms with Gasteiger partial charge >= 0.3 is 0 Å². The number of hydrogen-bond acceptors (Lipinski definition) is 0. The molecule has 0 aromatic rings. The summed E-state index contributed by atoms with van der Waals surface area (Å²) >= 11 is 0. The monoisotopic (exact) mass is 254 g/mol. The predicted octanol–water partition coefficient (Wildman–Crippen LogP) is 6.84. The van der Waals surface area contributed by atoms with Crippen LogP contribution in [0.4, 0.5) is 0 Å². The minimum Gasteiger partial charge on any atom is -0.0649 e. The molecule has 0 bridgehead atoms. The minimum atomic E-state index is 0.574. The molecule has 0 spiro atoms. The van der Waals surface area contributed by atoms with Crippen LogP contribution in [0.3, 0.4) is 0 Å². The van der Waals surface area contributed by atoms with Gasteiger partial charge in [-0.25, -0.2) is 0 Å². The quantitative estimate of drug-likeness (QED) is 0.354. The Bertz CT molecular complexity index is 178. The molecule has 1 atom stereocenters. The fourth-order valence-corrected chi connectivity index (χ4v) is 2.39. The Labute approximate surface area is 117 Å². The highest BCUT2D eigenvalue weighted by atomic mass is 14.2. The highest BCUT2D eigenvalue weighted by molar-refractivity contribution is 4.66. The number of unbranched alkanes of at least 4 members (excludes halogenated alkanes) is 3. The number of rotatable bonds is 11. The van der Waals surface area contributed by atoms with Crippen molar-refractivity contribution in [3.63, 3.8) is 0 Å². The summed E-state index contributed by atoms with van der Waals surface area (Å²) in [6, 6.07) is 0. The maximum absolute atomic E-state index is 2.43. The maximum atomic E-state index is 2.43. The van der Waals surface area contributed by atoms with Crippen molar-refractivity contribution in [2.45, 2.75) is 99.3 Å². The van der Waals surface area contributed by atoms with Gasteiger partial charge in [-0.3, -0.25) is 0 Å². The summed E-state index contributed by atoms with van der Waals surface area (Å²) in [5.74, 6) is 1.82. The summed E-state index contributed by atoms with van der Waals surface area (Å²) in [5.41, 5.74) is 0.574. The lowest BCUT2D eigenvalue weighted by molar-refractivity contribution is 0.306. The van der Waals surface area contributed by atoms with E-state index in [4.69, 9.17) is 0 Å². The standard InChI is InChI=1S/C18H38/c1-7-18(5,6)15-11-9-8-10-12-17(4)14-13-16(2)3/h16-17H,7-15H2,1-6H3. The van der Waals surface area contributed by atoms with E-state index in [0.29, 0.717) is 5.41 Å². The molecule has 0 saturated heterocycles. The van der Waals surface area contributed by atoms with E-state index in [-0.39, 0.29) is 0 Å². The molecule has 0 rings (SSSR count). The van der Waals surface area contributed by atoms with Crippen molar-refractivity contribution in [3.8, 4) is 0 Å². The molecule has 0 nitrogen and oxygen atoms in total. The van der Waals surface area contributed by atoms with Gasteiger partial charge < -0.3 is 0 Å². The lowest BCUT2D eigenvalue weighted by Gasteiger charge is -2.22. The predicted molar refractivity (Wildman–Crippen MR) is 85.0 cm³/mol. The molecular weight excluding hydrogens is 216 g/mol. The second-order valence-electron chi connectivity index (χ2n) is 7.55. The molecule has 0 amide bonds. The van der Waals surface area contributed by atoms with Gasteiger partial charge in [-0.1, -0.05) is 92.9 Å². The van der Waals surface area contributed by atoms with E-state index < -0.39 is 0 Å². The van der Waals surface area contributed by atoms with Crippen molar-refractivity contribution in [1.29, 1.82) is 0 Å². The van der Waals surface area contributed by atoms with Crippen LogP contribution in [0.2, 0.25) is 0 Å². The zero-order valence-corrected chi connectivity index (χ0v) is 14.0. The van der Waals surface area contributed by atoms with Crippen molar-refractivity contribution in [2.24, 2.45) is 17.3 Å². The summed E-state index contributed by atoms with van der Waals surface area (Å²) in [7, 11) is 0. The van der Waals surface area contributed by atoms with Crippen molar-refractivity contribution >= 4 is 0 Å². The van der Waals surface area contributed by atoms with E-state index in [2.05, 4.69) is 41.5 Å². The molecule has 0 aliphatic rings. The summed E-state index contributed by atoms with van der Waals surface area (Å²) in [6.07, 6.45) is 12.8. The van der Waals surface area contributed by atoms with E-state index >= 15 is 0 Å². The van der Waals surface area contributed by atoms with Crippen LogP contribution in [-0.4, -0.2) is 0 Å². The maximum Gasteiger partial charge on any atom is -0.0357 e. The van der Waals surface area contributed by atoms with Crippen LogP contribution in [0.5, 0.6) is 0 Å². The molecule has 1 unspecified atom stereocenters. The lowest BCUT2D eigenvalue weighted by Crippen LogP contribution is -2.08. The van der Waals surface area contributed by atoms with Crippen LogP contribution in [0, 0.1) is 17.3 Å². The molecule has 0 fully saturated rings. The Morgan fingerprint density at radius 1 is 0.778 bits per heavy atom. The molecule has 0 aliphatic heterocycles. The fourth-order valence-electron chi connectivity index (χ4n) is 2.39. The van der Waals surface area contributed by atoms with E-state index in [1.165, 1.54) is 57.8 Å². The van der Waals surface area contributed by atoms with Crippen molar-refractivity contribution in [1.82, 2.24) is 0 Å². The Morgan fingerprint density at radius 2 is 1.39 bits per heavy atom. The third-order valence-electron chi connectivity index (χ3n) is 4.49. The molecule has 0 radical (unpaired) electrons. The number of hydrogen-bond donors (Lipinski definition) is 0. The molecule has 0 aromatic carbocycles. The second kappa shape index (κ2) is 9.87. The van der Waals surface area contributed by atoms with E-state index in [1.807, 2.05) is 0 Å². The van der Waals surface area contributed by atoms with Gasteiger partial charge in [0.05, 0.1) is 0 Å². The van der Waals surface area contributed by atoms with E-state index in [1.54, 1.807) is 0 Å². The first-order valence-electron chi connectivity index (χ1n) is 8.37. The average molecular weight is 255 g/mol. The molecular formula is C18H38. The second-order valence-corrected chi connectivity index (χ2v) is 7.55. The summed E-state index contributed by atoms with van der Waals surface area (Å²) in [4.78, 5) is 0. The van der Waals surface area contributed by atoms with Crippen LogP contribution in [0.15, 0.2) is 0 Å². The van der Waals surface area contributed by atoms with Crippen LogP contribution in [0.1, 0.15) is 99.3 Å². The third kappa shape index (κ3) is 11.1. The SMILES string of the molecule is CCC(C)(C)CCCCCCC(C)CCC(C)C. The summed E-state index contributed by atoms with van der Waals surface area (Å²) in [6.45, 7) is 14.2. The van der Waals surface area contributed by atoms with Crippen molar-refractivity contribution < 1.29 is 0 Å². The molecule has 18 heavy (non-hydrogen) atoms. The van der Waals surface area contributed by atoms with Gasteiger partial charge in [0, 0.05) is 0 Å². The molecule has 0 aliphatic carbocycles. The fraction of sp³-hybridized carbons (Fsp3) is 1.00. The minimum absolute atomic E-state index is 0.574. The first-order valence-corrected chi connectivity index (χ1v) is 8.37. The molecule has 0 saturated carbocycles. The Balaban J connectivity index is 3.35. The third-order valence-corrected chi connectivity index (χ3v) is 4.49. The first kappa shape index (κ1) is 18.0. The van der Waals surface area contributed by atoms with Gasteiger partial charge in [0.15, 0.2) is 0 Å². The van der Waals surface area contributed by atoms with Crippen molar-refractivity contribution in [2.75, 3.05) is 0 Å². The molecule has 0 heteroatoms. The van der Waals surface area contributed by atoms with Crippen LogP contribution >= 0.6 is 0 Å². The zero-order valence-electron chi connectivity index (χ0n) is 14.0. The van der Waals surface area contributed by atoms with Gasteiger partial charge in [-0.15, -0.1) is 0 Å². The van der Waals surface area contributed by atoms with Crippen LogP contribution < -0.4 is 0 Å². The normalized spacial score (nSPS) is 14.2. The van der Waals surface area contributed by atoms with Crippen LogP contribution in [0.25, 0.3) is 0 Å². The largest absolute Gasteiger partial charge is 0.0649 e. The Morgan fingerprint density at radius 3 is 1.94 bits per heavy atom. The zero-order chi connectivity index (χ0) is 14.0. The Hall–Kier alpha value is 0. The van der Waals surface area contributed by atoms with Gasteiger partial charge in [0.2, 0.25) is 0 Å². The molecule has 0 N–H and O–H groups in total. The van der Waals surface area contributed by atoms with Gasteiger partial charge in [-0.05, 0) is 23.7 Å². The van der Waals surface area contributed by atoms with Gasteiger partial charge in [-0.2, -0.15) is 0 Å².